The molecular formula is C19H34N8O9. The molecule has 0 fully saturated rings. The van der Waals surface area contributed by atoms with Crippen molar-refractivity contribution in [2.24, 2.45) is 27.9 Å². The molecule has 0 saturated heterocycles. The Balaban J connectivity index is 5.48. The first kappa shape index (κ1) is 32.0. The second-order valence-corrected chi connectivity index (χ2v) is 7.85. The van der Waals surface area contributed by atoms with Crippen molar-refractivity contribution in [3.63, 3.8) is 0 Å². The van der Waals surface area contributed by atoms with Gasteiger partial charge in [-0.15, -0.1) is 0 Å². The Kier molecular flexibility index (Phi) is 14.1. The van der Waals surface area contributed by atoms with E-state index in [0.717, 1.165) is 6.92 Å². The van der Waals surface area contributed by atoms with Crippen molar-refractivity contribution in [1.82, 2.24) is 16.0 Å². The van der Waals surface area contributed by atoms with E-state index in [9.17, 15) is 33.9 Å². The Morgan fingerprint density at radius 2 is 1.42 bits per heavy atom. The van der Waals surface area contributed by atoms with Gasteiger partial charge in [0, 0.05) is 13.0 Å². The predicted molar refractivity (Wildman–Crippen MR) is 124 cm³/mol. The van der Waals surface area contributed by atoms with Crippen LogP contribution >= 0.6 is 0 Å². The van der Waals surface area contributed by atoms with Gasteiger partial charge < -0.3 is 54.2 Å². The van der Waals surface area contributed by atoms with Crippen LogP contribution in [0.2, 0.25) is 0 Å². The van der Waals surface area contributed by atoms with Gasteiger partial charge in [0.25, 0.3) is 0 Å². The molecule has 0 spiro atoms. The van der Waals surface area contributed by atoms with E-state index in [2.05, 4.69) is 15.6 Å². The predicted octanol–water partition coefficient (Wildman–Crippen LogP) is -4.97. The van der Waals surface area contributed by atoms with E-state index in [-0.39, 0.29) is 18.9 Å². The molecule has 0 heterocycles. The number of nitrogens with two attached hydrogens (primary N) is 4. The molecular weight excluding hydrogens is 484 g/mol. The fraction of sp³-hybridized carbons (Fsp3) is 0.632. The van der Waals surface area contributed by atoms with Crippen LogP contribution < -0.4 is 38.9 Å². The lowest BCUT2D eigenvalue weighted by atomic mass is 10.1. The number of hydrogen-bond donors (Lipinski definition) is 10. The van der Waals surface area contributed by atoms with E-state index in [4.69, 9.17) is 33.1 Å². The number of carbonyl (C=O) groups excluding carboxylic acids is 4. The summed E-state index contributed by atoms with van der Waals surface area (Å²) < 4.78 is 0. The van der Waals surface area contributed by atoms with Gasteiger partial charge in [0.2, 0.25) is 23.6 Å². The van der Waals surface area contributed by atoms with Gasteiger partial charge in [-0.1, -0.05) is 0 Å². The van der Waals surface area contributed by atoms with Crippen LogP contribution in [-0.2, 0) is 28.8 Å². The van der Waals surface area contributed by atoms with Crippen molar-refractivity contribution in [3.05, 3.63) is 0 Å². The van der Waals surface area contributed by atoms with E-state index >= 15 is 0 Å². The van der Waals surface area contributed by atoms with Crippen LogP contribution in [-0.4, -0.2) is 93.7 Å². The van der Waals surface area contributed by atoms with Gasteiger partial charge in [-0.3, -0.25) is 29.0 Å². The number of nitrogens with zero attached hydrogens (tertiary/aromatic N) is 1. The molecule has 0 aromatic carbocycles. The number of aliphatic imine (C=N–C) groups is 1. The highest BCUT2D eigenvalue weighted by Gasteiger charge is 2.32. The molecule has 0 aliphatic heterocycles. The highest BCUT2D eigenvalue weighted by atomic mass is 16.4. The number of nitrogens with one attached hydrogen (secondary N) is 3. The molecule has 0 rings (SSSR count). The molecule has 0 aliphatic rings. The Bertz CT molecular complexity index is 845. The van der Waals surface area contributed by atoms with Gasteiger partial charge in [0.05, 0.1) is 18.6 Å². The van der Waals surface area contributed by atoms with Crippen LogP contribution in [0.15, 0.2) is 4.99 Å². The molecule has 0 aromatic rings. The van der Waals surface area contributed by atoms with Crippen LogP contribution in [0, 0.1) is 0 Å². The number of aliphatic hydroxyl groups is 1. The number of aliphatic carboxylic acids is 2. The van der Waals surface area contributed by atoms with Gasteiger partial charge in [-0.2, -0.15) is 0 Å². The van der Waals surface area contributed by atoms with Crippen molar-refractivity contribution in [3.8, 4) is 0 Å². The van der Waals surface area contributed by atoms with Crippen molar-refractivity contribution in [2.75, 3.05) is 6.54 Å². The summed E-state index contributed by atoms with van der Waals surface area (Å²) in [5.74, 6) is -7.04. The minimum atomic E-state index is -1.75. The lowest BCUT2D eigenvalue weighted by molar-refractivity contribution is -0.145. The monoisotopic (exact) mass is 518 g/mol. The minimum Gasteiger partial charge on any atom is -0.481 e. The number of aliphatic hydroxyl groups excluding tert-OH is 1. The van der Waals surface area contributed by atoms with Crippen molar-refractivity contribution < 1.29 is 44.1 Å². The number of carbonyl (C=O) groups is 6. The van der Waals surface area contributed by atoms with Gasteiger partial charge >= 0.3 is 11.9 Å². The molecule has 0 aliphatic carbocycles. The molecule has 4 amide bonds. The molecule has 5 atom stereocenters. The largest absolute Gasteiger partial charge is 0.481 e. The zero-order valence-electron chi connectivity index (χ0n) is 19.7. The summed E-state index contributed by atoms with van der Waals surface area (Å²) in [4.78, 5) is 75.1. The molecule has 0 aromatic heterocycles. The van der Waals surface area contributed by atoms with Crippen LogP contribution in [0.25, 0.3) is 0 Å². The molecule has 5 unspecified atom stereocenters. The number of primary amides is 1. The van der Waals surface area contributed by atoms with Crippen molar-refractivity contribution >= 4 is 41.5 Å². The molecule has 0 radical (unpaired) electrons. The maximum atomic E-state index is 12.8. The average Bonchev–Trinajstić information content (AvgIpc) is 2.75. The quantitative estimate of drug-likeness (QED) is 0.0491. The average molecular weight is 519 g/mol. The molecule has 17 heteroatoms. The maximum absolute atomic E-state index is 12.8. The third-order valence-electron chi connectivity index (χ3n) is 4.67. The van der Waals surface area contributed by atoms with Crippen LogP contribution in [0.5, 0.6) is 0 Å². The van der Waals surface area contributed by atoms with Crippen LogP contribution in [0.1, 0.15) is 39.0 Å². The van der Waals surface area contributed by atoms with Crippen LogP contribution in [0.3, 0.4) is 0 Å². The fourth-order valence-corrected chi connectivity index (χ4v) is 2.79. The lowest BCUT2D eigenvalue weighted by Crippen LogP contribution is -2.58. The van der Waals surface area contributed by atoms with E-state index in [1.807, 2.05) is 5.32 Å². The van der Waals surface area contributed by atoms with Crippen molar-refractivity contribution in [2.45, 2.75) is 69.3 Å². The summed E-state index contributed by atoms with van der Waals surface area (Å²) >= 11 is 0. The normalized spacial score (nSPS) is 14.8. The zero-order chi connectivity index (χ0) is 28.0. The third-order valence-corrected chi connectivity index (χ3v) is 4.67. The number of hydrogen-bond acceptors (Lipinski definition) is 9. The Labute approximate surface area is 206 Å². The Morgan fingerprint density at radius 3 is 1.89 bits per heavy atom. The molecule has 17 nitrogen and oxygen atoms in total. The van der Waals surface area contributed by atoms with Gasteiger partial charge in [-0.25, -0.2) is 4.79 Å². The zero-order valence-corrected chi connectivity index (χ0v) is 19.7. The number of carboxylic acid groups (broad SMARTS) is 2. The van der Waals surface area contributed by atoms with E-state index in [0.29, 0.717) is 6.42 Å². The van der Waals surface area contributed by atoms with E-state index < -0.39 is 85.1 Å². The van der Waals surface area contributed by atoms with Gasteiger partial charge in [-0.05, 0) is 26.2 Å². The second kappa shape index (κ2) is 15.8. The summed E-state index contributed by atoms with van der Waals surface area (Å²) in [6, 6.07) is -6.03. The number of rotatable bonds is 17. The first-order chi connectivity index (χ1) is 16.6. The molecule has 204 valence electrons. The lowest BCUT2D eigenvalue weighted by Gasteiger charge is -2.25. The van der Waals surface area contributed by atoms with Gasteiger partial charge in [0.15, 0.2) is 12.0 Å². The summed E-state index contributed by atoms with van der Waals surface area (Å²) in [5, 5.41) is 34.0. The van der Waals surface area contributed by atoms with E-state index in [1.54, 1.807) is 0 Å². The smallest absolute Gasteiger partial charge is 0.328 e. The highest BCUT2D eigenvalue weighted by Crippen LogP contribution is 2.04. The number of carboxylic acids is 2. The molecule has 0 bridgehead atoms. The summed E-state index contributed by atoms with van der Waals surface area (Å²) in [7, 11) is 0. The van der Waals surface area contributed by atoms with E-state index in [1.165, 1.54) is 0 Å². The summed E-state index contributed by atoms with van der Waals surface area (Å²) in [5.41, 5.74) is 21.3. The first-order valence-electron chi connectivity index (χ1n) is 10.8. The molecule has 14 N–H and O–H groups in total. The third kappa shape index (κ3) is 13.0. The van der Waals surface area contributed by atoms with Crippen LogP contribution in [0.4, 0.5) is 0 Å². The topological polar surface area (TPSA) is 316 Å². The summed E-state index contributed by atoms with van der Waals surface area (Å²) in [6.07, 6.45) is -2.83. The van der Waals surface area contributed by atoms with Crippen molar-refractivity contribution in [1.29, 1.82) is 0 Å². The summed E-state index contributed by atoms with van der Waals surface area (Å²) in [6.45, 7) is 1.29. The number of guanidine groups is 1. The highest BCUT2D eigenvalue weighted by molar-refractivity contribution is 5.96. The SMILES string of the molecule is CC(O)C(NC(=O)C(CCC(=O)O)NC(=O)C(CC(N)=O)NC(=O)C(N)CCCN=C(N)N)C(=O)O. The minimum absolute atomic E-state index is 0.118. The maximum Gasteiger partial charge on any atom is 0.328 e. The molecule has 36 heavy (non-hydrogen) atoms. The standard InChI is InChI=1S/C19H34N8O9/c1-8(28)14(18(35)36)27-16(33)10(4-5-13(30)31)25-17(34)11(7-12(21)29)26-15(32)9(20)3-2-6-24-19(22)23/h8-11,14,28H,2-7,20H2,1H3,(H2,21,29)(H,25,34)(H,26,32)(H,27,33)(H,30,31)(H,35,36)(H4,22,23,24). The fourth-order valence-electron chi connectivity index (χ4n) is 2.79. The Hall–Kier alpha value is -3.99. The molecule has 0 saturated carbocycles. The number of amides is 4. The first-order valence-corrected chi connectivity index (χ1v) is 10.8. The van der Waals surface area contributed by atoms with Gasteiger partial charge in [0.1, 0.15) is 12.1 Å². The Morgan fingerprint density at radius 1 is 0.861 bits per heavy atom. The second-order valence-electron chi connectivity index (χ2n) is 7.85.